The molecular weight excluding hydrogens is 240 g/mol. The van der Waals surface area contributed by atoms with E-state index >= 15 is 0 Å². The average molecular weight is 262 g/mol. The molecule has 2 unspecified atom stereocenters. The molecule has 0 radical (unpaired) electrons. The fraction of sp³-hybridized carbons (Fsp3) is 0.533. The van der Waals surface area contributed by atoms with Gasteiger partial charge in [0.25, 0.3) is 5.91 Å². The van der Waals surface area contributed by atoms with E-state index in [1.165, 1.54) is 0 Å². The summed E-state index contributed by atoms with van der Waals surface area (Å²) in [6.07, 6.45) is 3.59. The normalized spacial score (nSPS) is 23.1. The lowest BCUT2D eigenvalue weighted by Crippen LogP contribution is -2.33. The summed E-state index contributed by atoms with van der Waals surface area (Å²) in [7, 11) is 0. The van der Waals surface area contributed by atoms with Crippen LogP contribution in [0.2, 0.25) is 0 Å². The maximum Gasteiger partial charge on any atom is 0.251 e. The Kier molecular flexibility index (Phi) is 4.43. The molecule has 1 amide bonds. The van der Waals surface area contributed by atoms with Crippen molar-refractivity contribution in [2.24, 2.45) is 5.92 Å². The lowest BCUT2D eigenvalue weighted by atomic mass is 9.87. The van der Waals surface area contributed by atoms with E-state index in [9.17, 15) is 9.90 Å². The van der Waals surface area contributed by atoms with E-state index < -0.39 is 0 Å². The van der Waals surface area contributed by atoms with Gasteiger partial charge in [0.1, 0.15) is 0 Å². The second kappa shape index (κ2) is 6.06. The molecule has 0 aromatic heterocycles. The number of aliphatic hydroxyl groups excluding tert-OH is 1. The highest BCUT2D eigenvalue weighted by atomic mass is 16.3. The zero-order valence-electron chi connectivity index (χ0n) is 11.4. The minimum atomic E-state index is -0.203. The first-order valence-electron chi connectivity index (χ1n) is 6.88. The molecule has 0 spiro atoms. The summed E-state index contributed by atoms with van der Waals surface area (Å²) in [5.74, 6) is 0.294. The SMILES string of the molecule is Cc1ccc(C(=O)NCC2CCCC(O)C2)cc1N. The number of amides is 1. The van der Waals surface area contributed by atoms with Gasteiger partial charge in [0.2, 0.25) is 0 Å². The second-order valence-electron chi connectivity index (χ2n) is 5.47. The first-order valence-corrected chi connectivity index (χ1v) is 6.88. The largest absolute Gasteiger partial charge is 0.398 e. The summed E-state index contributed by atoms with van der Waals surface area (Å²) in [6.45, 7) is 2.55. The zero-order chi connectivity index (χ0) is 13.8. The van der Waals surface area contributed by atoms with Gasteiger partial charge in [0.15, 0.2) is 0 Å². The van der Waals surface area contributed by atoms with E-state index in [2.05, 4.69) is 5.32 Å². The van der Waals surface area contributed by atoms with E-state index in [4.69, 9.17) is 5.73 Å². The highest BCUT2D eigenvalue weighted by Gasteiger charge is 2.20. The Morgan fingerprint density at radius 2 is 2.26 bits per heavy atom. The number of aliphatic hydroxyl groups is 1. The number of nitrogens with two attached hydrogens (primary N) is 1. The van der Waals surface area contributed by atoms with E-state index in [1.807, 2.05) is 13.0 Å². The van der Waals surface area contributed by atoms with Crippen LogP contribution in [0.25, 0.3) is 0 Å². The predicted molar refractivity (Wildman–Crippen MR) is 75.9 cm³/mol. The van der Waals surface area contributed by atoms with E-state index in [1.54, 1.807) is 12.1 Å². The summed E-state index contributed by atoms with van der Waals surface area (Å²) in [5, 5.41) is 12.5. The molecule has 0 heterocycles. The Morgan fingerprint density at radius 3 is 2.95 bits per heavy atom. The highest BCUT2D eigenvalue weighted by Crippen LogP contribution is 2.23. The Bertz CT molecular complexity index is 459. The lowest BCUT2D eigenvalue weighted by molar-refractivity contribution is 0.0874. The van der Waals surface area contributed by atoms with Gasteiger partial charge < -0.3 is 16.2 Å². The van der Waals surface area contributed by atoms with Crippen LogP contribution in [0.1, 0.15) is 41.6 Å². The van der Waals surface area contributed by atoms with Gasteiger partial charge in [-0.05, 0) is 49.8 Å². The molecule has 19 heavy (non-hydrogen) atoms. The van der Waals surface area contributed by atoms with Gasteiger partial charge in [-0.15, -0.1) is 0 Å². The maximum atomic E-state index is 12.0. The number of rotatable bonds is 3. The Labute approximate surface area is 114 Å². The van der Waals surface area contributed by atoms with Crippen molar-refractivity contribution >= 4 is 11.6 Å². The monoisotopic (exact) mass is 262 g/mol. The Morgan fingerprint density at radius 1 is 1.47 bits per heavy atom. The van der Waals surface area contributed by atoms with Crippen molar-refractivity contribution in [3.8, 4) is 0 Å². The molecule has 104 valence electrons. The first kappa shape index (κ1) is 13.9. The average Bonchev–Trinajstić information content (AvgIpc) is 2.39. The van der Waals surface area contributed by atoms with Crippen LogP contribution in [0.4, 0.5) is 5.69 Å². The summed E-state index contributed by atoms with van der Waals surface area (Å²) < 4.78 is 0. The summed E-state index contributed by atoms with van der Waals surface area (Å²) in [6, 6.07) is 5.35. The minimum Gasteiger partial charge on any atom is -0.398 e. The van der Waals surface area contributed by atoms with Gasteiger partial charge in [0, 0.05) is 17.8 Å². The minimum absolute atomic E-state index is 0.0910. The van der Waals surface area contributed by atoms with Crippen molar-refractivity contribution in [3.63, 3.8) is 0 Å². The van der Waals surface area contributed by atoms with E-state index in [-0.39, 0.29) is 12.0 Å². The number of carbonyl (C=O) groups is 1. The molecule has 1 aromatic carbocycles. The van der Waals surface area contributed by atoms with Crippen LogP contribution in [0, 0.1) is 12.8 Å². The topological polar surface area (TPSA) is 75.3 Å². The molecule has 2 atom stereocenters. The van der Waals surface area contributed by atoms with Crippen molar-refractivity contribution in [2.75, 3.05) is 12.3 Å². The third-order valence-electron chi connectivity index (χ3n) is 3.85. The van der Waals surface area contributed by atoms with Crippen molar-refractivity contribution in [1.82, 2.24) is 5.32 Å². The van der Waals surface area contributed by atoms with Crippen molar-refractivity contribution in [3.05, 3.63) is 29.3 Å². The van der Waals surface area contributed by atoms with Gasteiger partial charge in [-0.2, -0.15) is 0 Å². The molecule has 0 bridgehead atoms. The maximum absolute atomic E-state index is 12.0. The van der Waals surface area contributed by atoms with Crippen LogP contribution in [-0.2, 0) is 0 Å². The number of nitrogens with one attached hydrogen (secondary N) is 1. The number of benzene rings is 1. The molecule has 1 aliphatic rings. The number of carbonyl (C=O) groups excluding carboxylic acids is 1. The quantitative estimate of drug-likeness (QED) is 0.728. The third kappa shape index (κ3) is 3.70. The van der Waals surface area contributed by atoms with Crippen molar-refractivity contribution in [1.29, 1.82) is 0 Å². The second-order valence-corrected chi connectivity index (χ2v) is 5.47. The fourth-order valence-electron chi connectivity index (χ4n) is 2.57. The first-order chi connectivity index (χ1) is 9.06. The molecular formula is C15H22N2O2. The van der Waals surface area contributed by atoms with Gasteiger partial charge in [0.05, 0.1) is 6.10 Å². The lowest BCUT2D eigenvalue weighted by Gasteiger charge is -2.25. The molecule has 4 nitrogen and oxygen atoms in total. The van der Waals surface area contributed by atoms with Gasteiger partial charge >= 0.3 is 0 Å². The highest BCUT2D eigenvalue weighted by molar-refractivity contribution is 5.95. The molecule has 1 saturated carbocycles. The van der Waals surface area contributed by atoms with Gasteiger partial charge in [-0.25, -0.2) is 0 Å². The molecule has 1 aliphatic carbocycles. The van der Waals surface area contributed by atoms with Crippen LogP contribution in [-0.4, -0.2) is 23.7 Å². The van der Waals surface area contributed by atoms with Crippen LogP contribution in [0.5, 0.6) is 0 Å². The van der Waals surface area contributed by atoms with Crippen LogP contribution in [0.15, 0.2) is 18.2 Å². The predicted octanol–water partition coefficient (Wildman–Crippen LogP) is 1.86. The summed E-state index contributed by atoms with van der Waals surface area (Å²) >= 11 is 0. The number of hydrogen-bond donors (Lipinski definition) is 3. The zero-order valence-corrected chi connectivity index (χ0v) is 11.4. The molecule has 0 saturated heterocycles. The summed E-state index contributed by atoms with van der Waals surface area (Å²) in [4.78, 5) is 12.0. The van der Waals surface area contributed by atoms with Crippen LogP contribution >= 0.6 is 0 Å². The van der Waals surface area contributed by atoms with Crippen LogP contribution in [0.3, 0.4) is 0 Å². The molecule has 0 aliphatic heterocycles. The molecule has 1 aromatic rings. The third-order valence-corrected chi connectivity index (χ3v) is 3.85. The Hall–Kier alpha value is -1.55. The van der Waals surface area contributed by atoms with Crippen molar-refractivity contribution in [2.45, 2.75) is 38.7 Å². The van der Waals surface area contributed by atoms with Gasteiger partial charge in [-0.1, -0.05) is 12.5 Å². The molecule has 4 heteroatoms. The number of nitrogen functional groups attached to an aromatic ring is 1. The number of anilines is 1. The smallest absolute Gasteiger partial charge is 0.251 e. The van der Waals surface area contributed by atoms with Gasteiger partial charge in [-0.3, -0.25) is 4.79 Å². The standard InChI is InChI=1S/C15H22N2O2/c1-10-5-6-12(8-14(10)16)15(19)17-9-11-3-2-4-13(18)7-11/h5-6,8,11,13,18H,2-4,7,9,16H2,1H3,(H,17,19). The number of hydrogen-bond acceptors (Lipinski definition) is 3. The fourth-order valence-corrected chi connectivity index (χ4v) is 2.57. The number of aryl methyl sites for hydroxylation is 1. The van der Waals surface area contributed by atoms with Crippen molar-refractivity contribution < 1.29 is 9.90 Å². The van der Waals surface area contributed by atoms with E-state index in [0.717, 1.165) is 31.2 Å². The molecule has 2 rings (SSSR count). The van der Waals surface area contributed by atoms with E-state index in [0.29, 0.717) is 23.7 Å². The summed E-state index contributed by atoms with van der Waals surface area (Å²) in [5.41, 5.74) is 8.02. The Balaban J connectivity index is 1.88. The molecule has 1 fully saturated rings. The molecule has 4 N–H and O–H groups in total. The van der Waals surface area contributed by atoms with Crippen LogP contribution < -0.4 is 11.1 Å².